The Morgan fingerprint density at radius 1 is 0.566 bits per heavy atom. The van der Waals surface area contributed by atoms with Gasteiger partial charge in [0.15, 0.2) is 0 Å². The normalized spacial score (nSPS) is 15.7. The zero-order valence-corrected chi connectivity index (χ0v) is 48.2. The summed E-state index contributed by atoms with van der Waals surface area (Å²) >= 11 is 2.19. The fourth-order valence-electron chi connectivity index (χ4n) is 7.82. The third kappa shape index (κ3) is 31.8. The van der Waals surface area contributed by atoms with E-state index in [9.17, 15) is 53.4 Å². The van der Waals surface area contributed by atoms with Gasteiger partial charge in [0.25, 0.3) is 0 Å². The number of amides is 4. The zero-order valence-electron chi connectivity index (χ0n) is 46.1. The fourth-order valence-corrected chi connectivity index (χ4v) is 8.18. The molecule has 2 atom stereocenters. The summed E-state index contributed by atoms with van der Waals surface area (Å²) in [6.07, 6.45) is 0.869. The van der Waals surface area contributed by atoms with Gasteiger partial charge in [-0.15, -0.1) is 0 Å². The monoisotopic (exact) mass is 1190 g/mol. The molecule has 1 heterocycles. The van der Waals surface area contributed by atoms with Crippen molar-refractivity contribution in [3.63, 3.8) is 0 Å². The first-order chi connectivity index (χ1) is 35.4. The fraction of sp³-hybridized carbons (Fsp3) is 0.712. The number of esters is 3. The molecule has 430 valence electrons. The Hall–Kier alpha value is -5.18. The van der Waals surface area contributed by atoms with Crippen LogP contribution in [0.2, 0.25) is 0 Å². The molecule has 0 spiro atoms. The highest BCUT2D eigenvalue weighted by atomic mass is 127. The lowest BCUT2D eigenvalue weighted by Crippen LogP contribution is -2.51. The summed E-state index contributed by atoms with van der Waals surface area (Å²) in [6.45, 7) is 20.2. The maximum Gasteiger partial charge on any atom is 0.326 e. The van der Waals surface area contributed by atoms with Crippen LogP contribution in [-0.2, 0) is 59.1 Å². The highest BCUT2D eigenvalue weighted by Gasteiger charge is 2.28. The van der Waals surface area contributed by atoms with E-state index in [4.69, 9.17) is 19.3 Å². The molecule has 1 aromatic rings. The Morgan fingerprint density at radius 3 is 1.37 bits per heavy atom. The van der Waals surface area contributed by atoms with Crippen molar-refractivity contribution in [2.75, 3.05) is 91.6 Å². The number of halogens is 1. The Kier molecular flexibility index (Phi) is 29.2. The van der Waals surface area contributed by atoms with E-state index in [2.05, 4.69) is 38.5 Å². The first-order valence-electron chi connectivity index (χ1n) is 25.9. The van der Waals surface area contributed by atoms with Crippen molar-refractivity contribution in [2.45, 2.75) is 149 Å². The third-order valence-corrected chi connectivity index (χ3v) is 12.1. The van der Waals surface area contributed by atoms with Crippen molar-refractivity contribution in [1.29, 1.82) is 0 Å². The molecule has 0 bridgehead atoms. The molecule has 6 N–H and O–H groups in total. The van der Waals surface area contributed by atoms with Crippen LogP contribution in [0.5, 0.6) is 0 Å². The lowest BCUT2D eigenvalue weighted by atomic mass is 10.1. The van der Waals surface area contributed by atoms with Gasteiger partial charge in [-0.2, -0.15) is 0 Å². The number of nitrogens with one attached hydrogen (secondary N) is 3. The number of carbonyl (C=O) groups is 9. The Labute approximate surface area is 461 Å². The highest BCUT2D eigenvalue weighted by Crippen LogP contribution is 2.15. The molecular weight excluding hydrogens is 1100 g/mol. The van der Waals surface area contributed by atoms with Gasteiger partial charge in [0.05, 0.1) is 26.2 Å². The molecule has 4 amide bonds. The van der Waals surface area contributed by atoms with Crippen LogP contribution in [0.1, 0.15) is 119 Å². The number of unbranched alkanes of at least 4 members (excludes halogenated alkanes) is 2. The number of carboxylic acids is 3. The number of hydrogen-bond acceptors (Lipinski definition) is 16. The van der Waals surface area contributed by atoms with Crippen molar-refractivity contribution >= 4 is 76.3 Å². The number of carbonyl (C=O) groups excluding carboxylic acids is 6. The number of carboxylic acid groups (broad SMARTS) is 3. The minimum Gasteiger partial charge on any atom is -0.481 e. The van der Waals surface area contributed by atoms with Crippen molar-refractivity contribution in [3.05, 3.63) is 33.4 Å². The van der Waals surface area contributed by atoms with E-state index in [0.29, 0.717) is 84.7 Å². The number of rotatable bonds is 27. The quantitative estimate of drug-likeness (QED) is 0.0318. The Balaban J connectivity index is 2.12. The smallest absolute Gasteiger partial charge is 0.326 e. The first-order valence-corrected chi connectivity index (χ1v) is 27.0. The average Bonchev–Trinajstić information content (AvgIpc) is 3.27. The Bertz CT molecular complexity index is 2010. The van der Waals surface area contributed by atoms with E-state index >= 15 is 0 Å². The number of aliphatic carboxylic acids is 3. The molecule has 76 heavy (non-hydrogen) atoms. The van der Waals surface area contributed by atoms with Crippen LogP contribution in [0.25, 0.3) is 0 Å². The van der Waals surface area contributed by atoms with Gasteiger partial charge in [-0.3, -0.25) is 48.4 Å². The first kappa shape index (κ1) is 66.9. The van der Waals surface area contributed by atoms with Gasteiger partial charge in [-0.1, -0.05) is 12.1 Å². The van der Waals surface area contributed by atoms with Gasteiger partial charge in [0.1, 0.15) is 28.9 Å². The minimum absolute atomic E-state index is 0.00531. The summed E-state index contributed by atoms with van der Waals surface area (Å²) in [7, 11) is 0. The number of urea groups is 1. The summed E-state index contributed by atoms with van der Waals surface area (Å²) < 4.78 is 18.0. The van der Waals surface area contributed by atoms with E-state index < -0.39 is 83.6 Å². The zero-order chi connectivity index (χ0) is 57.2. The van der Waals surface area contributed by atoms with Crippen LogP contribution in [0.15, 0.2) is 24.3 Å². The summed E-state index contributed by atoms with van der Waals surface area (Å²) in [5.74, 6) is -5.65. The molecule has 24 heteroatoms. The number of hydrogen-bond donors (Lipinski definition) is 6. The van der Waals surface area contributed by atoms with Gasteiger partial charge in [-0.05, 0) is 141 Å². The number of benzene rings is 1. The van der Waals surface area contributed by atoms with Gasteiger partial charge >= 0.3 is 41.8 Å². The second-order valence-corrected chi connectivity index (χ2v) is 23.2. The summed E-state index contributed by atoms with van der Waals surface area (Å²) in [6, 6.07) is 3.71. The van der Waals surface area contributed by atoms with Crippen LogP contribution in [0.4, 0.5) is 4.79 Å². The minimum atomic E-state index is -1.53. The largest absolute Gasteiger partial charge is 0.481 e. The van der Waals surface area contributed by atoms with Crippen LogP contribution in [-0.4, -0.2) is 214 Å². The van der Waals surface area contributed by atoms with Crippen LogP contribution >= 0.6 is 22.6 Å². The van der Waals surface area contributed by atoms with Crippen molar-refractivity contribution in [3.8, 4) is 0 Å². The predicted molar refractivity (Wildman–Crippen MR) is 290 cm³/mol. The molecule has 1 aromatic carbocycles. The number of ether oxygens (including phenoxy) is 3. The molecule has 0 aliphatic carbocycles. The maximum absolute atomic E-state index is 13.7. The van der Waals surface area contributed by atoms with Crippen LogP contribution in [0.3, 0.4) is 0 Å². The molecule has 0 aromatic heterocycles. The molecule has 1 saturated heterocycles. The molecule has 0 radical (unpaired) electrons. The van der Waals surface area contributed by atoms with E-state index in [0.717, 1.165) is 9.13 Å². The summed E-state index contributed by atoms with van der Waals surface area (Å²) in [5, 5.41) is 35.4. The molecule has 1 aliphatic rings. The molecule has 1 fully saturated rings. The van der Waals surface area contributed by atoms with Crippen LogP contribution in [0, 0.1) is 3.57 Å². The van der Waals surface area contributed by atoms with Gasteiger partial charge in [0, 0.05) is 88.4 Å². The Morgan fingerprint density at radius 2 is 0.974 bits per heavy atom. The highest BCUT2D eigenvalue weighted by molar-refractivity contribution is 14.1. The molecule has 2 rings (SSSR count). The van der Waals surface area contributed by atoms with Gasteiger partial charge < -0.3 is 50.4 Å². The van der Waals surface area contributed by atoms with E-state index in [-0.39, 0.29) is 63.8 Å². The van der Waals surface area contributed by atoms with Crippen molar-refractivity contribution in [1.82, 2.24) is 40.4 Å². The summed E-state index contributed by atoms with van der Waals surface area (Å²) in [5.41, 5.74) is -1.20. The van der Waals surface area contributed by atoms with Crippen LogP contribution < -0.4 is 16.0 Å². The average molecular weight is 1190 g/mol. The second kappa shape index (κ2) is 33.2. The van der Waals surface area contributed by atoms with E-state index in [1.54, 1.807) is 67.2 Å². The van der Waals surface area contributed by atoms with E-state index in [1.807, 2.05) is 43.9 Å². The predicted octanol–water partition coefficient (Wildman–Crippen LogP) is 3.39. The molecule has 23 nitrogen and oxygen atoms in total. The molecule has 2 unspecified atom stereocenters. The number of nitrogens with zero attached hydrogens (tertiary/aromatic N) is 5. The van der Waals surface area contributed by atoms with E-state index in [1.165, 1.54) is 0 Å². The third-order valence-electron chi connectivity index (χ3n) is 11.4. The lowest BCUT2D eigenvalue weighted by Gasteiger charge is -2.34. The standard InChI is InChI=1S/C52H85IN8O15/c1-50(2,3)74-44(66)34-58-26-24-57(25-27-59(35-45(67)75-51(4,5)6)29-31-60(30-28-58)36-46(68)76-52(7,8)9)33-41(62)54-22-12-10-15-42(63)61(32-37-16-18-38(53)19-17-37)23-13-11-14-39(47(69)70)55-49(73)56-40(48(71)72)20-21-43(64)65/h16-19,39-40H,10-15,20-36H2,1-9H3,(H,54,62)(H,64,65)(H,69,70)(H,71,72)(H2,55,56,73). The molecule has 1 aliphatic heterocycles. The van der Waals surface area contributed by atoms with Crippen molar-refractivity contribution in [2.24, 2.45) is 0 Å². The second-order valence-electron chi connectivity index (χ2n) is 21.9. The van der Waals surface area contributed by atoms with Gasteiger partial charge in [-0.25, -0.2) is 14.4 Å². The molecule has 0 saturated carbocycles. The topological polar surface area (TPSA) is 294 Å². The lowest BCUT2D eigenvalue weighted by molar-refractivity contribution is -0.158. The molecular formula is C52H85IN8O15. The summed E-state index contributed by atoms with van der Waals surface area (Å²) in [4.78, 5) is 123. The van der Waals surface area contributed by atoms with Crippen molar-refractivity contribution < 1.29 is 72.7 Å². The SMILES string of the molecule is CC(C)(C)OC(=O)CN1CCN(CC(=O)NCCCCC(=O)N(CCCCC(NC(=O)NC(CCC(=O)O)C(=O)O)C(=O)O)Cc2ccc(I)cc2)CCN(CC(=O)OC(C)(C)C)CCN(CC(=O)OC(C)(C)C)CC1. The van der Waals surface area contributed by atoms with Gasteiger partial charge in [0.2, 0.25) is 11.8 Å². The maximum atomic E-state index is 13.7.